The fraction of sp³-hybridized carbons (Fsp3) is 1.00. The molecule has 0 rings (SSSR count). The minimum absolute atomic E-state index is 0.150. The molecule has 0 saturated carbocycles. The first-order valence-corrected chi connectivity index (χ1v) is 8.41. The minimum Gasteiger partial charge on any atom is -0.379 e. The molecule has 1 atom stereocenters. The summed E-state index contributed by atoms with van der Waals surface area (Å²) in [7, 11) is 0. The Morgan fingerprint density at radius 3 is 1.64 bits per heavy atom. The topological polar surface area (TPSA) is 66.4 Å². The number of rotatable bonds is 18. The van der Waals surface area contributed by atoms with E-state index in [4.69, 9.17) is 23.7 Å². The van der Waals surface area contributed by atoms with Crippen LogP contribution in [0.4, 0.5) is 0 Å². The van der Waals surface area contributed by atoms with Gasteiger partial charge in [-0.2, -0.15) is 0 Å². The molecule has 0 amide bonds. The lowest BCUT2D eigenvalue weighted by Crippen LogP contribution is -2.23. The fourth-order valence-electron chi connectivity index (χ4n) is 1.51. The maximum atomic E-state index is 9.52. The lowest BCUT2D eigenvalue weighted by Gasteiger charge is -2.13. The third-order valence-electron chi connectivity index (χ3n) is 2.83. The van der Waals surface area contributed by atoms with Crippen molar-refractivity contribution in [1.29, 1.82) is 0 Å². The molecule has 22 heavy (non-hydrogen) atoms. The maximum Gasteiger partial charge on any atom is 0.178 e. The summed E-state index contributed by atoms with van der Waals surface area (Å²) >= 11 is 0. The molecule has 1 unspecified atom stereocenters. The molecule has 0 aliphatic carbocycles. The van der Waals surface area contributed by atoms with E-state index in [1.54, 1.807) is 0 Å². The van der Waals surface area contributed by atoms with Crippen molar-refractivity contribution in [2.24, 2.45) is 0 Å². The molecule has 0 heterocycles. The number of hydrogen-bond donors (Lipinski definition) is 1. The zero-order valence-electron chi connectivity index (χ0n) is 14.3. The van der Waals surface area contributed by atoms with E-state index in [2.05, 4.69) is 13.8 Å². The maximum absolute atomic E-state index is 9.52. The van der Waals surface area contributed by atoms with Crippen LogP contribution in [0.25, 0.3) is 0 Å². The summed E-state index contributed by atoms with van der Waals surface area (Å²) in [5.41, 5.74) is 0. The van der Waals surface area contributed by atoms with Crippen LogP contribution in [0.3, 0.4) is 0 Å². The van der Waals surface area contributed by atoms with Gasteiger partial charge in [0, 0.05) is 13.2 Å². The van der Waals surface area contributed by atoms with Gasteiger partial charge in [0.25, 0.3) is 0 Å². The summed E-state index contributed by atoms with van der Waals surface area (Å²) < 4.78 is 26.4. The molecule has 0 aromatic heterocycles. The molecule has 0 fully saturated rings. The Balaban J connectivity index is 3.11. The van der Waals surface area contributed by atoms with Crippen LogP contribution in [0.15, 0.2) is 0 Å². The average Bonchev–Trinajstić information content (AvgIpc) is 2.52. The summed E-state index contributed by atoms with van der Waals surface area (Å²) in [4.78, 5) is 0. The molecule has 0 saturated heterocycles. The van der Waals surface area contributed by atoms with Crippen molar-refractivity contribution in [2.45, 2.75) is 45.8 Å². The van der Waals surface area contributed by atoms with Gasteiger partial charge in [0.15, 0.2) is 6.29 Å². The van der Waals surface area contributed by atoms with Crippen LogP contribution in [0, 0.1) is 0 Å². The Labute approximate surface area is 135 Å². The van der Waals surface area contributed by atoms with Gasteiger partial charge in [-0.25, -0.2) is 0 Å². The van der Waals surface area contributed by atoms with Crippen molar-refractivity contribution in [3.63, 3.8) is 0 Å². The zero-order chi connectivity index (χ0) is 16.3. The number of unbranched alkanes of at least 4 members (excludes halogenated alkanes) is 2. The van der Waals surface area contributed by atoms with Crippen molar-refractivity contribution < 1.29 is 28.8 Å². The highest BCUT2D eigenvalue weighted by molar-refractivity contribution is 4.41. The van der Waals surface area contributed by atoms with E-state index in [-0.39, 0.29) is 6.61 Å². The molecule has 0 aromatic carbocycles. The van der Waals surface area contributed by atoms with Crippen molar-refractivity contribution in [3.05, 3.63) is 0 Å². The lowest BCUT2D eigenvalue weighted by atomic mass is 10.4. The van der Waals surface area contributed by atoms with Gasteiger partial charge in [-0.3, -0.25) is 0 Å². The monoisotopic (exact) mass is 322 g/mol. The highest BCUT2D eigenvalue weighted by Crippen LogP contribution is 1.92. The van der Waals surface area contributed by atoms with E-state index in [9.17, 15) is 5.11 Å². The first-order valence-electron chi connectivity index (χ1n) is 8.41. The Kier molecular flexibility index (Phi) is 18.6. The van der Waals surface area contributed by atoms with Crippen LogP contribution >= 0.6 is 0 Å². The first kappa shape index (κ1) is 21.8. The van der Waals surface area contributed by atoms with Crippen molar-refractivity contribution in [1.82, 2.24) is 0 Å². The Hall–Kier alpha value is -0.240. The van der Waals surface area contributed by atoms with Crippen LogP contribution in [-0.4, -0.2) is 70.9 Å². The Morgan fingerprint density at radius 1 is 0.636 bits per heavy atom. The number of hydrogen-bond acceptors (Lipinski definition) is 6. The first-order chi connectivity index (χ1) is 10.8. The molecule has 6 nitrogen and oxygen atoms in total. The van der Waals surface area contributed by atoms with Crippen LogP contribution in [0.1, 0.15) is 39.5 Å². The van der Waals surface area contributed by atoms with Gasteiger partial charge < -0.3 is 28.8 Å². The Bertz CT molecular complexity index is 203. The van der Waals surface area contributed by atoms with E-state index in [0.29, 0.717) is 39.6 Å². The summed E-state index contributed by atoms with van der Waals surface area (Å²) in [6.07, 6.45) is 3.49. The van der Waals surface area contributed by atoms with Gasteiger partial charge in [0.1, 0.15) is 0 Å². The molecule has 0 bridgehead atoms. The predicted octanol–water partition coefficient (Wildman–Crippen LogP) is 1.99. The second-order valence-corrected chi connectivity index (χ2v) is 4.94. The quantitative estimate of drug-likeness (QED) is 0.307. The molecular formula is C16H34O6. The number of ether oxygens (including phenoxy) is 5. The molecular weight excluding hydrogens is 288 g/mol. The molecule has 0 aliphatic heterocycles. The van der Waals surface area contributed by atoms with Crippen molar-refractivity contribution in [3.8, 4) is 0 Å². The summed E-state index contributed by atoms with van der Waals surface area (Å²) in [5.74, 6) is 0. The second-order valence-electron chi connectivity index (χ2n) is 4.94. The van der Waals surface area contributed by atoms with E-state index >= 15 is 0 Å². The number of aliphatic hydroxyl groups excluding tert-OH is 1. The zero-order valence-corrected chi connectivity index (χ0v) is 14.3. The van der Waals surface area contributed by atoms with Crippen LogP contribution in [-0.2, 0) is 23.7 Å². The van der Waals surface area contributed by atoms with E-state index in [0.717, 1.165) is 38.9 Å². The third kappa shape index (κ3) is 17.8. The Morgan fingerprint density at radius 2 is 1.09 bits per heavy atom. The van der Waals surface area contributed by atoms with Gasteiger partial charge >= 0.3 is 0 Å². The molecule has 0 aromatic rings. The van der Waals surface area contributed by atoms with Crippen molar-refractivity contribution >= 4 is 0 Å². The summed E-state index contributed by atoms with van der Waals surface area (Å²) in [6, 6.07) is 0. The van der Waals surface area contributed by atoms with Gasteiger partial charge in [0.05, 0.1) is 46.2 Å². The summed E-state index contributed by atoms with van der Waals surface area (Å²) in [6.45, 7) is 8.90. The van der Waals surface area contributed by atoms with E-state index in [1.165, 1.54) is 0 Å². The van der Waals surface area contributed by atoms with Crippen LogP contribution in [0.2, 0.25) is 0 Å². The summed E-state index contributed by atoms with van der Waals surface area (Å²) in [5, 5.41) is 9.52. The second kappa shape index (κ2) is 18.8. The standard InChI is InChI=1S/C16H34O6/c1-3-5-7-18-9-10-20-13-14-22-16(17)15-21-12-11-19-8-6-4-2/h16-17H,3-15H2,1-2H3. The lowest BCUT2D eigenvalue weighted by molar-refractivity contribution is -0.149. The van der Waals surface area contributed by atoms with E-state index in [1.807, 2.05) is 0 Å². The van der Waals surface area contributed by atoms with Crippen LogP contribution in [0.5, 0.6) is 0 Å². The van der Waals surface area contributed by atoms with Crippen LogP contribution < -0.4 is 0 Å². The molecule has 6 heteroatoms. The average molecular weight is 322 g/mol. The number of aliphatic hydroxyl groups is 1. The van der Waals surface area contributed by atoms with Crippen molar-refractivity contribution in [2.75, 3.05) is 59.5 Å². The predicted molar refractivity (Wildman–Crippen MR) is 85.1 cm³/mol. The van der Waals surface area contributed by atoms with Gasteiger partial charge in [0.2, 0.25) is 0 Å². The third-order valence-corrected chi connectivity index (χ3v) is 2.83. The SMILES string of the molecule is CCCCOCCOCCOC(O)COCCOCCCC. The van der Waals surface area contributed by atoms with Gasteiger partial charge in [-0.15, -0.1) is 0 Å². The highest BCUT2D eigenvalue weighted by Gasteiger charge is 2.03. The molecule has 0 radical (unpaired) electrons. The van der Waals surface area contributed by atoms with E-state index < -0.39 is 6.29 Å². The minimum atomic E-state index is -0.917. The largest absolute Gasteiger partial charge is 0.379 e. The van der Waals surface area contributed by atoms with Gasteiger partial charge in [-0.05, 0) is 12.8 Å². The van der Waals surface area contributed by atoms with Gasteiger partial charge in [-0.1, -0.05) is 26.7 Å². The molecule has 0 aliphatic rings. The normalized spacial score (nSPS) is 12.7. The fourth-order valence-corrected chi connectivity index (χ4v) is 1.51. The molecule has 1 N–H and O–H groups in total. The molecule has 134 valence electrons. The highest BCUT2D eigenvalue weighted by atomic mass is 16.6. The molecule has 0 spiro atoms. The smallest absolute Gasteiger partial charge is 0.178 e.